The van der Waals surface area contributed by atoms with Gasteiger partial charge in [0.25, 0.3) is 0 Å². The molecule has 0 spiro atoms. The largest absolute Gasteiger partial charge is 0.396 e. The molecule has 2 rings (SSSR count). The molecule has 1 heterocycles. The molecule has 6 heteroatoms. The lowest BCUT2D eigenvalue weighted by Gasteiger charge is -2.30. The van der Waals surface area contributed by atoms with Gasteiger partial charge in [0.2, 0.25) is 5.91 Å². The summed E-state index contributed by atoms with van der Waals surface area (Å²) >= 11 is 1.45. The highest BCUT2D eigenvalue weighted by Crippen LogP contribution is 2.28. The lowest BCUT2D eigenvalue weighted by molar-refractivity contribution is -0.114. The van der Waals surface area contributed by atoms with Gasteiger partial charge in [-0.25, -0.2) is 4.98 Å². The number of aliphatic hydroxyl groups is 1. The van der Waals surface area contributed by atoms with Gasteiger partial charge in [0.15, 0.2) is 5.13 Å². The zero-order valence-electron chi connectivity index (χ0n) is 12.6. The van der Waals surface area contributed by atoms with Crippen LogP contribution in [0.3, 0.4) is 0 Å². The quantitative estimate of drug-likeness (QED) is 0.723. The number of hydrogen-bond acceptors (Lipinski definition) is 5. The van der Waals surface area contributed by atoms with E-state index in [1.54, 1.807) is 0 Å². The van der Waals surface area contributed by atoms with E-state index in [0.717, 1.165) is 12.1 Å². The number of amides is 1. The first-order valence-corrected chi connectivity index (χ1v) is 8.63. The van der Waals surface area contributed by atoms with Crippen molar-refractivity contribution >= 4 is 22.4 Å². The van der Waals surface area contributed by atoms with Crippen molar-refractivity contribution in [2.75, 3.05) is 11.9 Å². The van der Waals surface area contributed by atoms with Crippen LogP contribution in [0.4, 0.5) is 5.13 Å². The molecule has 3 N–H and O–H groups in total. The monoisotopic (exact) mass is 311 g/mol. The first kappa shape index (κ1) is 16.4. The van der Waals surface area contributed by atoms with E-state index in [4.69, 9.17) is 0 Å². The number of carbonyl (C=O) groups is 1. The minimum Gasteiger partial charge on any atom is -0.396 e. The second-order valence-corrected chi connectivity index (χ2v) is 6.58. The molecule has 0 saturated heterocycles. The third kappa shape index (κ3) is 5.37. The first-order valence-electron chi connectivity index (χ1n) is 7.75. The Morgan fingerprint density at radius 2 is 2.24 bits per heavy atom. The molecule has 21 heavy (non-hydrogen) atoms. The average Bonchev–Trinajstić information content (AvgIpc) is 2.91. The zero-order valence-corrected chi connectivity index (χ0v) is 13.4. The normalized spacial score (nSPS) is 17.6. The Morgan fingerprint density at radius 3 is 2.90 bits per heavy atom. The molecule has 0 bridgehead atoms. The van der Waals surface area contributed by atoms with Crippen molar-refractivity contribution in [2.45, 2.75) is 58.0 Å². The molecule has 1 aromatic rings. The molecule has 118 valence electrons. The summed E-state index contributed by atoms with van der Waals surface area (Å²) in [6.45, 7) is 2.40. The van der Waals surface area contributed by atoms with Gasteiger partial charge in [-0.2, -0.15) is 0 Å². The number of rotatable bonds is 7. The Balaban J connectivity index is 1.85. The SMILES string of the molecule is CC(=O)Nc1nc(CNC(CCO)C2CCCCC2)cs1. The lowest BCUT2D eigenvalue weighted by atomic mass is 9.83. The van der Waals surface area contributed by atoms with Gasteiger partial charge in [-0.1, -0.05) is 19.3 Å². The van der Waals surface area contributed by atoms with Crippen molar-refractivity contribution in [3.63, 3.8) is 0 Å². The van der Waals surface area contributed by atoms with E-state index in [9.17, 15) is 9.90 Å². The molecular formula is C15H25N3O2S. The lowest BCUT2D eigenvalue weighted by Crippen LogP contribution is -2.37. The van der Waals surface area contributed by atoms with Crippen LogP contribution in [0.1, 0.15) is 51.1 Å². The van der Waals surface area contributed by atoms with E-state index < -0.39 is 0 Å². The molecule has 1 atom stereocenters. The summed E-state index contributed by atoms with van der Waals surface area (Å²) in [5.41, 5.74) is 0.947. The predicted octanol–water partition coefficient (Wildman–Crippen LogP) is 2.52. The van der Waals surface area contributed by atoms with Crippen molar-refractivity contribution in [3.05, 3.63) is 11.1 Å². The maximum atomic E-state index is 11.0. The van der Waals surface area contributed by atoms with Gasteiger partial charge in [-0.15, -0.1) is 11.3 Å². The number of nitrogens with zero attached hydrogens (tertiary/aromatic N) is 1. The summed E-state index contributed by atoms with van der Waals surface area (Å²) in [7, 11) is 0. The molecule has 1 aliphatic carbocycles. The van der Waals surface area contributed by atoms with Crippen molar-refractivity contribution in [3.8, 4) is 0 Å². The summed E-state index contributed by atoms with van der Waals surface area (Å²) in [4.78, 5) is 15.4. The third-order valence-corrected chi connectivity index (χ3v) is 4.85. The summed E-state index contributed by atoms with van der Waals surface area (Å²) in [5, 5.41) is 18.1. The number of nitrogens with one attached hydrogen (secondary N) is 2. The van der Waals surface area contributed by atoms with Crippen LogP contribution in [0.5, 0.6) is 0 Å². The van der Waals surface area contributed by atoms with Gasteiger partial charge < -0.3 is 15.7 Å². The molecule has 1 amide bonds. The highest BCUT2D eigenvalue weighted by molar-refractivity contribution is 7.13. The van der Waals surface area contributed by atoms with Crippen LogP contribution in [0.15, 0.2) is 5.38 Å². The van der Waals surface area contributed by atoms with Gasteiger partial charge in [-0.3, -0.25) is 4.79 Å². The van der Waals surface area contributed by atoms with Crippen molar-refractivity contribution < 1.29 is 9.90 Å². The molecule has 1 aliphatic rings. The van der Waals surface area contributed by atoms with Crippen molar-refractivity contribution in [2.24, 2.45) is 5.92 Å². The molecule has 0 radical (unpaired) electrons. The second-order valence-electron chi connectivity index (χ2n) is 5.72. The highest BCUT2D eigenvalue weighted by atomic mass is 32.1. The predicted molar refractivity (Wildman–Crippen MR) is 85.3 cm³/mol. The van der Waals surface area contributed by atoms with Crippen LogP contribution in [-0.2, 0) is 11.3 Å². The van der Waals surface area contributed by atoms with Crippen LogP contribution in [-0.4, -0.2) is 28.6 Å². The number of anilines is 1. The maximum absolute atomic E-state index is 11.0. The van der Waals surface area contributed by atoms with Crippen LogP contribution in [0, 0.1) is 5.92 Å². The zero-order chi connectivity index (χ0) is 15.1. The smallest absolute Gasteiger partial charge is 0.223 e. The average molecular weight is 311 g/mol. The van der Waals surface area contributed by atoms with E-state index in [0.29, 0.717) is 23.6 Å². The third-order valence-electron chi connectivity index (χ3n) is 4.04. The fourth-order valence-electron chi connectivity index (χ4n) is 3.01. The number of hydrogen-bond donors (Lipinski definition) is 3. The minimum absolute atomic E-state index is 0.0933. The molecule has 1 fully saturated rings. The molecule has 1 unspecified atom stereocenters. The molecule has 1 saturated carbocycles. The number of aliphatic hydroxyl groups excluding tert-OH is 1. The first-order chi connectivity index (χ1) is 10.2. The van der Waals surface area contributed by atoms with Crippen LogP contribution in [0.25, 0.3) is 0 Å². The van der Waals surface area contributed by atoms with E-state index in [1.807, 2.05) is 5.38 Å². The molecule has 5 nitrogen and oxygen atoms in total. The molecule has 0 aromatic carbocycles. The number of aromatic nitrogens is 1. The Morgan fingerprint density at radius 1 is 1.48 bits per heavy atom. The maximum Gasteiger partial charge on any atom is 0.223 e. The van der Waals surface area contributed by atoms with E-state index in [2.05, 4.69) is 15.6 Å². The van der Waals surface area contributed by atoms with E-state index >= 15 is 0 Å². The van der Waals surface area contributed by atoms with Gasteiger partial charge in [0.05, 0.1) is 5.69 Å². The number of carbonyl (C=O) groups excluding carboxylic acids is 1. The molecule has 0 aliphatic heterocycles. The highest BCUT2D eigenvalue weighted by Gasteiger charge is 2.23. The topological polar surface area (TPSA) is 74.2 Å². The fraction of sp³-hybridized carbons (Fsp3) is 0.733. The Kier molecular flexibility index (Phi) is 6.60. The standard InChI is InChI=1S/C15H25N3O2S/c1-11(20)17-15-18-13(10-21-15)9-16-14(7-8-19)12-5-3-2-4-6-12/h10,12,14,16,19H,2-9H2,1H3,(H,17,18,20). The molecular weight excluding hydrogens is 286 g/mol. The van der Waals surface area contributed by atoms with Crippen molar-refractivity contribution in [1.82, 2.24) is 10.3 Å². The van der Waals surface area contributed by atoms with Crippen molar-refractivity contribution in [1.29, 1.82) is 0 Å². The van der Waals surface area contributed by atoms with Gasteiger partial charge >= 0.3 is 0 Å². The van der Waals surface area contributed by atoms with Gasteiger partial charge in [0, 0.05) is 31.5 Å². The van der Waals surface area contributed by atoms with Crippen LogP contribution < -0.4 is 10.6 Å². The summed E-state index contributed by atoms with van der Waals surface area (Å²) in [6.07, 6.45) is 7.26. The van der Waals surface area contributed by atoms with E-state index in [-0.39, 0.29) is 12.5 Å². The summed E-state index contributed by atoms with van der Waals surface area (Å²) in [5.74, 6) is 0.573. The fourth-order valence-corrected chi connectivity index (χ4v) is 3.77. The second kappa shape index (κ2) is 8.46. The number of thiazole rings is 1. The van der Waals surface area contributed by atoms with Crippen LogP contribution in [0.2, 0.25) is 0 Å². The Hall–Kier alpha value is -0.980. The minimum atomic E-state index is -0.0933. The Bertz CT molecular complexity index is 444. The Labute approximate surface area is 130 Å². The van der Waals surface area contributed by atoms with Gasteiger partial charge in [0.1, 0.15) is 0 Å². The summed E-state index contributed by atoms with van der Waals surface area (Å²) < 4.78 is 0. The summed E-state index contributed by atoms with van der Waals surface area (Å²) in [6, 6.07) is 0.362. The molecule has 1 aromatic heterocycles. The van der Waals surface area contributed by atoms with E-state index in [1.165, 1.54) is 50.4 Å². The van der Waals surface area contributed by atoms with Crippen LogP contribution >= 0.6 is 11.3 Å². The van der Waals surface area contributed by atoms with Gasteiger partial charge in [-0.05, 0) is 25.2 Å².